The highest BCUT2D eigenvalue weighted by Gasteiger charge is 2.08. The maximum atomic E-state index is 5.88. The fraction of sp³-hybridized carbons (Fsp3) is 0.222. The summed E-state index contributed by atoms with van der Waals surface area (Å²) in [4.78, 5) is 0. The Morgan fingerprint density at radius 1 is 1.64 bits per heavy atom. The minimum Gasteiger partial charge on any atom is -0.316 e. The van der Waals surface area contributed by atoms with Gasteiger partial charge >= 0.3 is 0 Å². The normalized spacial score (nSPS) is 10.7. The third-order valence-electron chi connectivity index (χ3n) is 1.94. The van der Waals surface area contributed by atoms with Gasteiger partial charge in [0.05, 0.1) is 16.2 Å². The molecule has 0 bridgehead atoms. The predicted octanol–water partition coefficient (Wildman–Crippen LogP) is 2.51. The molecule has 74 valence electrons. The molecule has 0 radical (unpaired) electrons. The lowest BCUT2D eigenvalue weighted by Crippen LogP contribution is -2.04. The number of halogens is 1. The summed E-state index contributed by atoms with van der Waals surface area (Å²) >= 11 is 7.40. The number of hydrogen-bond acceptors (Lipinski definition) is 3. The summed E-state index contributed by atoms with van der Waals surface area (Å²) in [7, 11) is 1.91. The molecule has 0 saturated carbocycles. The van der Waals surface area contributed by atoms with Crippen molar-refractivity contribution in [1.82, 2.24) is 15.5 Å². The molecule has 0 amide bonds. The molecule has 0 aliphatic heterocycles. The number of thiophene rings is 1. The molecule has 0 aromatic carbocycles. The van der Waals surface area contributed by atoms with Crippen LogP contribution in [0.5, 0.6) is 0 Å². The van der Waals surface area contributed by atoms with Crippen molar-refractivity contribution in [1.29, 1.82) is 0 Å². The molecular weight excluding hydrogens is 218 g/mol. The third-order valence-corrected chi connectivity index (χ3v) is 3.03. The lowest BCUT2D eigenvalue weighted by Gasteiger charge is -1.98. The van der Waals surface area contributed by atoms with Crippen molar-refractivity contribution in [3.05, 3.63) is 27.5 Å². The van der Waals surface area contributed by atoms with Crippen LogP contribution in [0.2, 0.25) is 4.34 Å². The molecule has 2 heterocycles. The molecule has 2 aromatic rings. The van der Waals surface area contributed by atoms with Crippen LogP contribution in [0.15, 0.2) is 17.6 Å². The van der Waals surface area contributed by atoms with Gasteiger partial charge in [0.2, 0.25) is 0 Å². The van der Waals surface area contributed by atoms with Crippen molar-refractivity contribution in [3.63, 3.8) is 0 Å². The molecule has 0 aliphatic rings. The molecule has 2 rings (SSSR count). The highest BCUT2D eigenvalue weighted by molar-refractivity contribution is 7.14. The summed E-state index contributed by atoms with van der Waals surface area (Å²) < 4.78 is 0.796. The second-order valence-corrected chi connectivity index (χ2v) is 4.48. The Morgan fingerprint density at radius 3 is 3.14 bits per heavy atom. The zero-order chi connectivity index (χ0) is 9.97. The number of nitrogens with one attached hydrogen (secondary N) is 2. The smallest absolute Gasteiger partial charge is 0.0935 e. The minimum absolute atomic E-state index is 0.796. The Balaban J connectivity index is 2.36. The first-order valence-corrected chi connectivity index (χ1v) is 5.48. The van der Waals surface area contributed by atoms with Gasteiger partial charge in [0.1, 0.15) is 0 Å². The number of H-pyrrole nitrogens is 1. The Hall–Kier alpha value is -0.840. The van der Waals surface area contributed by atoms with Gasteiger partial charge in [-0.25, -0.2) is 0 Å². The topological polar surface area (TPSA) is 40.7 Å². The van der Waals surface area contributed by atoms with Crippen LogP contribution >= 0.6 is 22.9 Å². The van der Waals surface area contributed by atoms with E-state index in [2.05, 4.69) is 15.5 Å². The molecule has 14 heavy (non-hydrogen) atoms. The lowest BCUT2D eigenvalue weighted by atomic mass is 10.1. The number of hydrogen-bond donors (Lipinski definition) is 2. The zero-order valence-electron chi connectivity index (χ0n) is 7.67. The van der Waals surface area contributed by atoms with Gasteiger partial charge < -0.3 is 5.32 Å². The van der Waals surface area contributed by atoms with E-state index in [1.54, 1.807) is 0 Å². The van der Waals surface area contributed by atoms with Crippen molar-refractivity contribution in [3.8, 4) is 11.3 Å². The molecule has 3 nitrogen and oxygen atoms in total. The van der Waals surface area contributed by atoms with E-state index >= 15 is 0 Å². The van der Waals surface area contributed by atoms with Crippen LogP contribution in [-0.2, 0) is 6.54 Å². The van der Waals surface area contributed by atoms with Crippen LogP contribution in [0.1, 0.15) is 5.56 Å². The van der Waals surface area contributed by atoms with Gasteiger partial charge in [-0.05, 0) is 13.1 Å². The maximum absolute atomic E-state index is 5.88. The van der Waals surface area contributed by atoms with E-state index in [0.29, 0.717) is 0 Å². The van der Waals surface area contributed by atoms with Gasteiger partial charge in [-0.1, -0.05) is 11.6 Å². The van der Waals surface area contributed by atoms with Crippen molar-refractivity contribution >= 4 is 22.9 Å². The summed E-state index contributed by atoms with van der Waals surface area (Å²) in [5.41, 5.74) is 3.30. The molecule has 0 spiro atoms. The van der Waals surface area contributed by atoms with Gasteiger partial charge in [-0.2, -0.15) is 5.10 Å². The second-order valence-electron chi connectivity index (χ2n) is 2.94. The van der Waals surface area contributed by atoms with Gasteiger partial charge in [-0.3, -0.25) is 5.10 Å². The highest BCUT2D eigenvalue weighted by Crippen LogP contribution is 2.29. The van der Waals surface area contributed by atoms with Crippen molar-refractivity contribution < 1.29 is 0 Å². The van der Waals surface area contributed by atoms with E-state index in [1.165, 1.54) is 11.3 Å². The molecule has 0 aliphatic carbocycles. The summed E-state index contributed by atoms with van der Waals surface area (Å²) in [6.45, 7) is 0.805. The second kappa shape index (κ2) is 4.13. The summed E-state index contributed by atoms with van der Waals surface area (Å²) in [6, 6.07) is 1.94. The summed E-state index contributed by atoms with van der Waals surface area (Å²) in [6.07, 6.45) is 1.83. The van der Waals surface area contributed by atoms with E-state index in [1.807, 2.05) is 24.7 Å². The monoisotopic (exact) mass is 227 g/mol. The zero-order valence-corrected chi connectivity index (χ0v) is 9.25. The average Bonchev–Trinajstić information content (AvgIpc) is 2.74. The third kappa shape index (κ3) is 1.82. The maximum Gasteiger partial charge on any atom is 0.0935 e. The molecule has 0 saturated heterocycles. The Morgan fingerprint density at radius 2 is 2.50 bits per heavy atom. The van der Waals surface area contributed by atoms with Crippen molar-refractivity contribution in [2.24, 2.45) is 0 Å². The number of nitrogens with zero attached hydrogens (tertiary/aromatic N) is 1. The van der Waals surface area contributed by atoms with Crippen molar-refractivity contribution in [2.45, 2.75) is 6.54 Å². The lowest BCUT2D eigenvalue weighted by molar-refractivity contribution is 0.820. The van der Waals surface area contributed by atoms with Crippen LogP contribution < -0.4 is 5.32 Å². The SMILES string of the molecule is CNCc1cn[nH]c1-c1csc(Cl)c1. The van der Waals surface area contributed by atoms with E-state index in [0.717, 1.165) is 27.7 Å². The minimum atomic E-state index is 0.796. The molecular formula is C9H10ClN3S. The first kappa shape index (κ1) is 9.71. The number of aromatic nitrogens is 2. The van der Waals surface area contributed by atoms with Crippen LogP contribution in [0.4, 0.5) is 0 Å². The standard InChI is InChI=1S/C9H10ClN3S/c1-11-3-7-4-12-13-9(7)6-2-8(10)14-5-6/h2,4-5,11H,3H2,1H3,(H,12,13). The van der Waals surface area contributed by atoms with E-state index in [9.17, 15) is 0 Å². The van der Waals surface area contributed by atoms with Gasteiger partial charge in [-0.15, -0.1) is 11.3 Å². The van der Waals surface area contributed by atoms with Gasteiger partial charge in [0, 0.05) is 23.1 Å². The largest absolute Gasteiger partial charge is 0.316 e. The molecule has 0 atom stereocenters. The number of rotatable bonds is 3. The fourth-order valence-corrected chi connectivity index (χ4v) is 2.20. The first-order valence-electron chi connectivity index (χ1n) is 4.22. The average molecular weight is 228 g/mol. The molecule has 5 heteroatoms. The van der Waals surface area contributed by atoms with E-state index < -0.39 is 0 Å². The van der Waals surface area contributed by atoms with Crippen LogP contribution in [0.3, 0.4) is 0 Å². The Bertz CT molecular complexity index is 421. The highest BCUT2D eigenvalue weighted by atomic mass is 35.5. The van der Waals surface area contributed by atoms with Gasteiger partial charge in [0.25, 0.3) is 0 Å². The summed E-state index contributed by atoms with van der Waals surface area (Å²) in [5.74, 6) is 0. The van der Waals surface area contributed by atoms with E-state index in [-0.39, 0.29) is 0 Å². The van der Waals surface area contributed by atoms with Crippen molar-refractivity contribution in [2.75, 3.05) is 7.05 Å². The Kier molecular flexibility index (Phi) is 2.86. The quantitative estimate of drug-likeness (QED) is 0.846. The van der Waals surface area contributed by atoms with Crippen LogP contribution in [0, 0.1) is 0 Å². The predicted molar refractivity (Wildman–Crippen MR) is 59.7 cm³/mol. The fourth-order valence-electron chi connectivity index (χ4n) is 1.33. The number of aromatic amines is 1. The van der Waals surface area contributed by atoms with Crippen LogP contribution in [-0.4, -0.2) is 17.2 Å². The first-order chi connectivity index (χ1) is 6.81. The molecule has 2 N–H and O–H groups in total. The molecule has 2 aromatic heterocycles. The summed E-state index contributed by atoms with van der Waals surface area (Å²) in [5, 5.41) is 12.1. The molecule has 0 unspecified atom stereocenters. The Labute approximate surface area is 91.1 Å². The van der Waals surface area contributed by atoms with Gasteiger partial charge in [0.15, 0.2) is 0 Å². The van der Waals surface area contributed by atoms with E-state index in [4.69, 9.17) is 11.6 Å². The molecule has 0 fully saturated rings. The van der Waals surface area contributed by atoms with Crippen LogP contribution in [0.25, 0.3) is 11.3 Å².